The number of benzene rings is 4. The van der Waals surface area contributed by atoms with Crippen molar-refractivity contribution in [1.82, 2.24) is 0 Å². The summed E-state index contributed by atoms with van der Waals surface area (Å²) in [7, 11) is 0. The van der Waals surface area contributed by atoms with Crippen LogP contribution in [0.25, 0.3) is 10.8 Å². The third-order valence-corrected chi connectivity index (χ3v) is 13.1. The van der Waals surface area contributed by atoms with E-state index in [0.29, 0.717) is 11.8 Å². The molecule has 286 valence electrons. The zero-order valence-electron chi connectivity index (χ0n) is 34.4. The fourth-order valence-corrected chi connectivity index (χ4v) is 10.3. The van der Waals surface area contributed by atoms with Crippen LogP contribution < -0.4 is 0 Å². The van der Waals surface area contributed by atoms with Gasteiger partial charge in [0.25, 0.3) is 0 Å². The zero-order chi connectivity index (χ0) is 37.3. The third-order valence-electron chi connectivity index (χ3n) is 13.1. The first-order valence-electron chi connectivity index (χ1n) is 22.4. The Morgan fingerprint density at radius 1 is 0.407 bits per heavy atom. The predicted octanol–water partition coefficient (Wildman–Crippen LogP) is 16.1. The molecule has 3 aliphatic rings. The summed E-state index contributed by atoms with van der Waals surface area (Å²) in [5.41, 5.74) is 15.3. The minimum Gasteiger partial charge on any atom is -0.246 e. The van der Waals surface area contributed by atoms with Crippen molar-refractivity contribution in [3.63, 3.8) is 0 Å². The van der Waals surface area contributed by atoms with Gasteiger partial charge in [0.05, 0.1) is 22.8 Å². The van der Waals surface area contributed by atoms with Gasteiger partial charge in [-0.05, 0) is 92.9 Å². The molecule has 3 aliphatic carbocycles. The Morgan fingerprint density at radius 3 is 1.09 bits per heavy atom. The third kappa shape index (κ3) is 9.29. The van der Waals surface area contributed by atoms with Crippen molar-refractivity contribution in [2.75, 3.05) is 0 Å². The molecule has 2 heteroatoms. The molecule has 54 heavy (non-hydrogen) atoms. The van der Waals surface area contributed by atoms with Crippen molar-refractivity contribution in [2.24, 2.45) is 9.98 Å². The van der Waals surface area contributed by atoms with Gasteiger partial charge in [-0.2, -0.15) is 0 Å². The summed E-state index contributed by atoms with van der Waals surface area (Å²) in [4.78, 5) is 11.7. The molecule has 4 aromatic rings. The minimum atomic E-state index is 0.550. The van der Waals surface area contributed by atoms with Crippen LogP contribution in [0.15, 0.2) is 70.6 Å². The first-order chi connectivity index (χ1) is 26.5. The van der Waals surface area contributed by atoms with Gasteiger partial charge in [0.15, 0.2) is 0 Å². The maximum Gasteiger partial charge on any atom is 0.0979 e. The van der Waals surface area contributed by atoms with E-state index >= 15 is 0 Å². The number of nitrogens with zero attached hydrogens (tertiary/aromatic N) is 2. The summed E-state index contributed by atoms with van der Waals surface area (Å²) < 4.78 is 0. The minimum absolute atomic E-state index is 0.550. The second-order valence-electron chi connectivity index (χ2n) is 17.6. The first-order valence-corrected chi connectivity index (χ1v) is 22.4. The van der Waals surface area contributed by atoms with Crippen LogP contribution in [0.5, 0.6) is 0 Å². The van der Waals surface area contributed by atoms with E-state index in [0.717, 1.165) is 11.4 Å². The maximum absolute atomic E-state index is 5.87. The molecule has 0 aromatic heterocycles. The molecule has 0 saturated heterocycles. The van der Waals surface area contributed by atoms with Crippen LogP contribution in [0.2, 0.25) is 0 Å². The lowest BCUT2D eigenvalue weighted by atomic mass is 9.84. The molecule has 0 N–H and O–H groups in total. The highest BCUT2D eigenvalue weighted by Crippen LogP contribution is 2.43. The molecule has 4 aromatic carbocycles. The fraction of sp³-hybridized carbons (Fsp3) is 0.538. The molecule has 0 aliphatic heterocycles. The highest BCUT2D eigenvalue weighted by molar-refractivity contribution is 6.61. The van der Waals surface area contributed by atoms with Crippen LogP contribution >= 0.6 is 0 Å². The van der Waals surface area contributed by atoms with Crippen molar-refractivity contribution in [1.29, 1.82) is 0 Å². The number of aliphatic imine (C=N–C) groups is 2. The topological polar surface area (TPSA) is 24.7 Å². The van der Waals surface area contributed by atoms with Crippen molar-refractivity contribution in [2.45, 2.75) is 181 Å². The van der Waals surface area contributed by atoms with E-state index in [4.69, 9.17) is 9.98 Å². The second-order valence-corrected chi connectivity index (χ2v) is 17.6. The van der Waals surface area contributed by atoms with E-state index in [9.17, 15) is 0 Å². The summed E-state index contributed by atoms with van der Waals surface area (Å²) in [5, 5.41) is 2.59. The average Bonchev–Trinajstić information content (AvgIpc) is 3.44. The lowest BCUT2D eigenvalue weighted by Crippen LogP contribution is -2.12. The van der Waals surface area contributed by atoms with Gasteiger partial charge >= 0.3 is 0 Å². The Hall–Kier alpha value is -3.52. The molecule has 0 radical (unpaired) electrons. The quantitative estimate of drug-likeness (QED) is 0.201. The Morgan fingerprint density at radius 2 is 0.741 bits per heavy atom. The predicted molar refractivity (Wildman–Crippen MR) is 235 cm³/mol. The molecule has 0 atom stereocenters. The normalized spacial score (nSPS) is 20.7. The maximum atomic E-state index is 5.87. The van der Waals surface area contributed by atoms with Gasteiger partial charge in [-0.25, -0.2) is 9.98 Å². The van der Waals surface area contributed by atoms with Gasteiger partial charge in [0.2, 0.25) is 0 Å². The highest BCUT2D eigenvalue weighted by atomic mass is 14.8. The SMILES string of the molecule is Cc1cc(C)c(N=C2C(=Nc3c(C)cc(C)cc3C3CCCCCCCCCCC3)c3cccc4cccc2c34)c(C2CCCCCCCCCCC2)c1. The Kier molecular flexibility index (Phi) is 13.5. The summed E-state index contributed by atoms with van der Waals surface area (Å²) >= 11 is 0. The van der Waals surface area contributed by atoms with Crippen LogP contribution in [0.4, 0.5) is 11.4 Å². The second kappa shape index (κ2) is 18.9. The number of rotatable bonds is 4. The van der Waals surface area contributed by atoms with Gasteiger partial charge in [-0.3, -0.25) is 0 Å². The number of aryl methyl sites for hydroxylation is 4. The Labute approximate surface area is 328 Å². The van der Waals surface area contributed by atoms with Crippen molar-refractivity contribution >= 4 is 33.6 Å². The molecule has 2 saturated carbocycles. The smallest absolute Gasteiger partial charge is 0.0979 e. The average molecular weight is 721 g/mol. The lowest BCUT2D eigenvalue weighted by Gasteiger charge is -2.23. The van der Waals surface area contributed by atoms with Gasteiger partial charge in [-0.15, -0.1) is 0 Å². The van der Waals surface area contributed by atoms with E-state index in [1.54, 1.807) is 0 Å². The largest absolute Gasteiger partial charge is 0.246 e. The van der Waals surface area contributed by atoms with Crippen molar-refractivity contribution in [3.8, 4) is 0 Å². The van der Waals surface area contributed by atoms with E-state index < -0.39 is 0 Å². The van der Waals surface area contributed by atoms with Crippen molar-refractivity contribution < 1.29 is 0 Å². The van der Waals surface area contributed by atoms with E-state index in [1.165, 1.54) is 208 Å². The van der Waals surface area contributed by atoms with Gasteiger partial charge in [-0.1, -0.05) is 187 Å². The van der Waals surface area contributed by atoms with Crippen LogP contribution in [0, 0.1) is 27.7 Å². The van der Waals surface area contributed by atoms with Crippen LogP contribution in [-0.4, -0.2) is 11.4 Å². The molecule has 0 bridgehead atoms. The van der Waals surface area contributed by atoms with E-state index in [1.807, 2.05) is 0 Å². The molecular formula is C52H68N2. The van der Waals surface area contributed by atoms with Gasteiger partial charge in [0.1, 0.15) is 0 Å². The van der Waals surface area contributed by atoms with Crippen LogP contribution in [0.1, 0.15) is 198 Å². The van der Waals surface area contributed by atoms with E-state index in [-0.39, 0.29) is 0 Å². The van der Waals surface area contributed by atoms with Crippen LogP contribution in [0.3, 0.4) is 0 Å². The van der Waals surface area contributed by atoms with Gasteiger partial charge in [0, 0.05) is 16.5 Å². The molecule has 0 amide bonds. The number of hydrogen-bond acceptors (Lipinski definition) is 2. The lowest BCUT2D eigenvalue weighted by molar-refractivity contribution is 0.467. The fourth-order valence-electron chi connectivity index (χ4n) is 10.3. The molecule has 0 unspecified atom stereocenters. The monoisotopic (exact) mass is 721 g/mol. The van der Waals surface area contributed by atoms with E-state index in [2.05, 4.69) is 88.4 Å². The summed E-state index contributed by atoms with van der Waals surface area (Å²) in [6.45, 7) is 9.17. The van der Waals surface area contributed by atoms with Crippen molar-refractivity contribution in [3.05, 3.63) is 105 Å². The summed E-state index contributed by atoms with van der Waals surface area (Å²) in [6, 6.07) is 23.3. The zero-order valence-corrected chi connectivity index (χ0v) is 34.4. The Balaban J connectivity index is 1.36. The summed E-state index contributed by atoms with van der Waals surface area (Å²) in [5.74, 6) is 1.10. The standard InChI is InChI=1S/C52H68N2/c1-37-33-39(3)49(46(35-37)41-25-19-15-11-7-5-8-12-16-20-26-41)53-51-44-31-23-29-43-30-24-32-45(48(43)44)52(51)54-50-40(4)34-38(2)36-47(50)42-27-21-17-13-9-6-10-14-18-22-28-42/h23-24,29-36,41-42H,5-22,25-28H2,1-4H3. The Bertz CT molecular complexity index is 1780. The molecule has 7 rings (SSSR count). The molecule has 0 spiro atoms. The molecule has 2 fully saturated rings. The molecular weight excluding hydrogens is 653 g/mol. The molecule has 0 heterocycles. The van der Waals surface area contributed by atoms with Crippen LogP contribution in [-0.2, 0) is 0 Å². The highest BCUT2D eigenvalue weighted by Gasteiger charge is 2.30. The summed E-state index contributed by atoms with van der Waals surface area (Å²) in [6.07, 6.45) is 29.8. The van der Waals surface area contributed by atoms with Gasteiger partial charge < -0.3 is 0 Å². The number of hydrogen-bond donors (Lipinski definition) is 0. The molecule has 2 nitrogen and oxygen atoms in total. The first kappa shape index (κ1) is 38.7.